The van der Waals surface area contributed by atoms with Gasteiger partial charge in [-0.1, -0.05) is 24.3 Å². The lowest BCUT2D eigenvalue weighted by Gasteiger charge is -2.04. The number of amides is 1. The largest absolute Gasteiger partial charge is 0.508 e. The van der Waals surface area contributed by atoms with Gasteiger partial charge in [0.1, 0.15) is 5.75 Å². The van der Waals surface area contributed by atoms with Gasteiger partial charge < -0.3 is 15.0 Å². The first-order chi connectivity index (χ1) is 9.65. The molecule has 1 aromatic heterocycles. The predicted molar refractivity (Wildman–Crippen MR) is 79.0 cm³/mol. The fourth-order valence-electron chi connectivity index (χ4n) is 2.30. The number of phenolic OH excluding ortho intramolecular Hbond substituents is 1. The van der Waals surface area contributed by atoms with Crippen LogP contribution in [0.5, 0.6) is 5.75 Å². The Morgan fingerprint density at radius 2 is 1.95 bits per heavy atom. The number of hydrogen-bond donors (Lipinski definition) is 2. The zero-order valence-corrected chi connectivity index (χ0v) is 11.0. The zero-order chi connectivity index (χ0) is 14.1. The molecule has 2 N–H and O–H groups in total. The summed E-state index contributed by atoms with van der Waals surface area (Å²) >= 11 is 0. The first-order valence-corrected chi connectivity index (χ1v) is 6.29. The number of phenols is 1. The number of carbonyl (C=O) groups is 1. The average Bonchev–Trinajstić information content (AvgIpc) is 2.77. The van der Waals surface area contributed by atoms with Gasteiger partial charge in [0.05, 0.1) is 5.56 Å². The number of hydrogen-bond acceptors (Lipinski definition) is 2. The van der Waals surface area contributed by atoms with Crippen LogP contribution >= 0.6 is 0 Å². The van der Waals surface area contributed by atoms with Crippen molar-refractivity contribution in [3.8, 4) is 5.75 Å². The lowest BCUT2D eigenvalue weighted by atomic mass is 10.1. The van der Waals surface area contributed by atoms with Gasteiger partial charge in [-0.05, 0) is 18.2 Å². The molecular formula is C16H14N2O2. The van der Waals surface area contributed by atoms with Crippen molar-refractivity contribution in [2.24, 2.45) is 7.05 Å². The Morgan fingerprint density at radius 3 is 2.75 bits per heavy atom. The number of aromatic hydroxyl groups is 1. The summed E-state index contributed by atoms with van der Waals surface area (Å²) in [5, 5.41) is 13.1. The number of carbonyl (C=O) groups excluding carboxylic acids is 1. The van der Waals surface area contributed by atoms with E-state index in [9.17, 15) is 9.90 Å². The molecule has 20 heavy (non-hydrogen) atoms. The van der Waals surface area contributed by atoms with Crippen molar-refractivity contribution in [2.75, 3.05) is 5.32 Å². The van der Waals surface area contributed by atoms with Crippen LogP contribution in [0.1, 0.15) is 10.4 Å². The molecular weight excluding hydrogens is 252 g/mol. The second-order valence-electron chi connectivity index (χ2n) is 4.68. The van der Waals surface area contributed by atoms with Gasteiger partial charge in [0.25, 0.3) is 5.91 Å². The zero-order valence-electron chi connectivity index (χ0n) is 11.0. The Morgan fingerprint density at radius 1 is 1.15 bits per heavy atom. The van der Waals surface area contributed by atoms with Gasteiger partial charge in [-0.3, -0.25) is 4.79 Å². The molecule has 3 rings (SSSR count). The molecule has 0 radical (unpaired) electrons. The summed E-state index contributed by atoms with van der Waals surface area (Å²) in [5.41, 5.74) is 2.20. The topological polar surface area (TPSA) is 54.3 Å². The maximum Gasteiger partial charge on any atom is 0.257 e. The molecule has 0 spiro atoms. The highest BCUT2D eigenvalue weighted by atomic mass is 16.3. The van der Waals surface area contributed by atoms with Crippen LogP contribution in [0.3, 0.4) is 0 Å². The van der Waals surface area contributed by atoms with E-state index < -0.39 is 0 Å². The molecule has 0 aliphatic carbocycles. The maximum atomic E-state index is 12.3. The Bertz CT molecular complexity index is 790. The summed E-state index contributed by atoms with van der Waals surface area (Å²) in [5.74, 6) is -0.0619. The quantitative estimate of drug-likeness (QED) is 0.748. The van der Waals surface area contributed by atoms with Crippen LogP contribution in [0.4, 0.5) is 5.69 Å². The summed E-state index contributed by atoms with van der Waals surface area (Å²) < 4.78 is 1.92. The number of benzene rings is 2. The molecule has 4 heteroatoms. The van der Waals surface area contributed by atoms with E-state index in [-0.39, 0.29) is 11.7 Å². The minimum absolute atomic E-state index is 0.126. The summed E-state index contributed by atoms with van der Waals surface area (Å²) in [6, 6.07) is 14.3. The molecule has 1 amide bonds. The molecule has 0 aliphatic rings. The highest BCUT2D eigenvalue weighted by Crippen LogP contribution is 2.22. The van der Waals surface area contributed by atoms with E-state index in [0.29, 0.717) is 11.3 Å². The molecule has 0 bridgehead atoms. The van der Waals surface area contributed by atoms with E-state index >= 15 is 0 Å². The Balaban J connectivity index is 1.97. The lowest BCUT2D eigenvalue weighted by Crippen LogP contribution is -2.11. The van der Waals surface area contributed by atoms with Crippen LogP contribution in [-0.2, 0) is 7.05 Å². The third-order valence-electron chi connectivity index (χ3n) is 3.25. The summed E-state index contributed by atoms with van der Waals surface area (Å²) in [4.78, 5) is 12.3. The van der Waals surface area contributed by atoms with Crippen LogP contribution in [0.2, 0.25) is 0 Å². The normalized spacial score (nSPS) is 10.7. The minimum atomic E-state index is -0.188. The summed E-state index contributed by atoms with van der Waals surface area (Å²) in [6.07, 6.45) is 1.81. The van der Waals surface area contributed by atoms with Crippen molar-refractivity contribution in [3.63, 3.8) is 0 Å². The molecule has 1 heterocycles. The minimum Gasteiger partial charge on any atom is -0.508 e. The maximum absolute atomic E-state index is 12.3. The number of aryl methyl sites for hydroxylation is 1. The van der Waals surface area contributed by atoms with E-state index in [1.807, 2.05) is 42.1 Å². The van der Waals surface area contributed by atoms with Gasteiger partial charge in [0.2, 0.25) is 0 Å². The number of aromatic nitrogens is 1. The van der Waals surface area contributed by atoms with Crippen molar-refractivity contribution < 1.29 is 9.90 Å². The van der Waals surface area contributed by atoms with Crippen molar-refractivity contribution in [1.29, 1.82) is 0 Å². The number of fused-ring (bicyclic) bond motifs is 1. The van der Waals surface area contributed by atoms with Crippen molar-refractivity contribution in [2.45, 2.75) is 0 Å². The second kappa shape index (κ2) is 4.74. The van der Waals surface area contributed by atoms with Crippen molar-refractivity contribution in [3.05, 3.63) is 60.3 Å². The van der Waals surface area contributed by atoms with Gasteiger partial charge in [-0.15, -0.1) is 0 Å². The predicted octanol–water partition coefficient (Wildman–Crippen LogP) is 3.14. The molecule has 0 unspecified atom stereocenters. The van der Waals surface area contributed by atoms with Crippen LogP contribution in [0, 0.1) is 0 Å². The first-order valence-electron chi connectivity index (χ1n) is 6.29. The lowest BCUT2D eigenvalue weighted by molar-refractivity contribution is 0.102. The molecule has 0 aliphatic heterocycles. The van der Waals surface area contributed by atoms with E-state index in [0.717, 1.165) is 10.9 Å². The first kappa shape index (κ1) is 12.3. The van der Waals surface area contributed by atoms with Crippen molar-refractivity contribution >= 4 is 22.5 Å². The Kier molecular flexibility index (Phi) is 2.91. The molecule has 0 fully saturated rings. The third-order valence-corrected chi connectivity index (χ3v) is 3.25. The SMILES string of the molecule is Cn1cc(C(=O)Nc2cccc(O)c2)c2ccccc21. The summed E-state index contributed by atoms with van der Waals surface area (Å²) in [6.45, 7) is 0. The molecule has 0 saturated carbocycles. The monoisotopic (exact) mass is 266 g/mol. The van der Waals surface area contributed by atoms with Crippen LogP contribution in [0.25, 0.3) is 10.9 Å². The highest BCUT2D eigenvalue weighted by molar-refractivity contribution is 6.13. The van der Waals surface area contributed by atoms with Gasteiger partial charge in [-0.25, -0.2) is 0 Å². The van der Waals surface area contributed by atoms with Crippen LogP contribution in [-0.4, -0.2) is 15.6 Å². The molecule has 2 aromatic carbocycles. The summed E-state index contributed by atoms with van der Waals surface area (Å²) in [7, 11) is 1.91. The fourth-order valence-corrected chi connectivity index (χ4v) is 2.30. The molecule has 4 nitrogen and oxygen atoms in total. The van der Waals surface area contributed by atoms with Gasteiger partial charge in [0, 0.05) is 35.9 Å². The van der Waals surface area contributed by atoms with Gasteiger partial charge in [0.15, 0.2) is 0 Å². The van der Waals surface area contributed by atoms with Crippen LogP contribution < -0.4 is 5.32 Å². The van der Waals surface area contributed by atoms with Gasteiger partial charge >= 0.3 is 0 Å². The Hall–Kier alpha value is -2.75. The highest BCUT2D eigenvalue weighted by Gasteiger charge is 2.13. The van der Waals surface area contributed by atoms with E-state index in [4.69, 9.17) is 0 Å². The van der Waals surface area contributed by atoms with E-state index in [1.165, 1.54) is 6.07 Å². The standard InChI is InChI=1S/C16H14N2O2/c1-18-10-14(13-7-2-3-8-15(13)18)16(20)17-11-5-4-6-12(19)9-11/h2-10,19H,1H3,(H,17,20). The average molecular weight is 266 g/mol. The third kappa shape index (κ3) is 2.12. The van der Waals surface area contributed by atoms with Crippen molar-refractivity contribution in [1.82, 2.24) is 4.57 Å². The molecule has 3 aromatic rings. The smallest absolute Gasteiger partial charge is 0.257 e. The fraction of sp³-hybridized carbons (Fsp3) is 0.0625. The molecule has 0 atom stereocenters. The second-order valence-corrected chi connectivity index (χ2v) is 4.68. The Labute approximate surface area is 116 Å². The number of anilines is 1. The number of nitrogens with zero attached hydrogens (tertiary/aromatic N) is 1. The van der Waals surface area contributed by atoms with E-state index in [1.54, 1.807) is 18.2 Å². The van der Waals surface area contributed by atoms with Crippen LogP contribution in [0.15, 0.2) is 54.7 Å². The molecule has 0 saturated heterocycles. The number of nitrogens with one attached hydrogen (secondary N) is 1. The number of rotatable bonds is 2. The molecule has 100 valence electrons. The van der Waals surface area contributed by atoms with E-state index in [2.05, 4.69) is 5.32 Å². The van der Waals surface area contributed by atoms with Gasteiger partial charge in [-0.2, -0.15) is 0 Å². The number of para-hydroxylation sites is 1.